The van der Waals surface area contributed by atoms with E-state index in [1.165, 1.54) is 5.56 Å². The first-order chi connectivity index (χ1) is 8.27. The molecule has 0 spiro atoms. The molecule has 1 N–H and O–H groups in total. The molecule has 0 saturated heterocycles. The van der Waals surface area contributed by atoms with E-state index in [0.717, 1.165) is 17.0 Å². The largest absolute Gasteiger partial charge is 0.542 e. The fourth-order valence-electron chi connectivity index (χ4n) is 2.13. The normalized spacial score (nSPS) is 12.0. The number of aromatic nitrogens is 1. The van der Waals surface area contributed by atoms with Gasteiger partial charge in [-0.05, 0) is 25.4 Å². The molecule has 0 aliphatic heterocycles. The summed E-state index contributed by atoms with van der Waals surface area (Å²) in [6.45, 7) is 12.9. The van der Waals surface area contributed by atoms with Gasteiger partial charge in [0.1, 0.15) is 5.75 Å². The van der Waals surface area contributed by atoms with E-state index in [4.69, 9.17) is 9.53 Å². The predicted molar refractivity (Wildman–Crippen MR) is 76.6 cm³/mol. The number of aliphatic hydroxyl groups excluding tert-OH is 1. The van der Waals surface area contributed by atoms with Gasteiger partial charge in [-0.3, -0.25) is 4.98 Å². The number of pyridine rings is 1. The van der Waals surface area contributed by atoms with Gasteiger partial charge in [0.2, 0.25) is 0 Å². The average molecular weight is 266 g/mol. The summed E-state index contributed by atoms with van der Waals surface area (Å²) in [4.78, 5) is 4.45. The summed E-state index contributed by atoms with van der Waals surface area (Å²) in [7, 11) is -0.834. The van der Waals surface area contributed by atoms with Crippen LogP contribution in [-0.2, 0) is 11.8 Å². The maximum absolute atomic E-state index is 9.17. The second-order valence-corrected chi connectivity index (χ2v) is 7.83. The summed E-state index contributed by atoms with van der Waals surface area (Å²) >= 11 is 0. The summed E-state index contributed by atoms with van der Waals surface area (Å²) in [5.74, 6) is 0.947. The van der Waals surface area contributed by atoms with E-state index in [0.29, 0.717) is 6.42 Å². The summed E-state index contributed by atoms with van der Waals surface area (Å²) in [5, 5.41) is 9.17. The van der Waals surface area contributed by atoms with Gasteiger partial charge < -0.3 is 9.53 Å². The lowest BCUT2D eigenvalue weighted by Crippen LogP contribution is -2.21. The van der Waals surface area contributed by atoms with Crippen LogP contribution in [0.15, 0.2) is 6.20 Å². The molecule has 1 heterocycles. The number of hydrogen-bond acceptors (Lipinski definition) is 3. The molecule has 1 aromatic rings. The third-order valence-corrected chi connectivity index (χ3v) is 3.34. The molecular formula is C14H24NO2Si. The Kier molecular flexibility index (Phi) is 4.93. The van der Waals surface area contributed by atoms with Crippen LogP contribution in [0, 0.1) is 6.92 Å². The quantitative estimate of drug-likeness (QED) is 0.852. The van der Waals surface area contributed by atoms with Gasteiger partial charge in [-0.2, -0.15) is 0 Å². The Hall–Kier alpha value is -0.873. The summed E-state index contributed by atoms with van der Waals surface area (Å²) in [5.41, 5.74) is 3.19. The molecule has 0 aliphatic carbocycles. The summed E-state index contributed by atoms with van der Waals surface area (Å²) in [6, 6.07) is 0. The fourth-order valence-corrected chi connectivity index (χ4v) is 2.77. The molecule has 4 heteroatoms. The van der Waals surface area contributed by atoms with Crippen molar-refractivity contribution in [3.05, 3.63) is 23.0 Å². The first-order valence-corrected chi connectivity index (χ1v) is 8.76. The number of nitrogens with zero attached hydrogens (tertiary/aromatic N) is 1. The van der Waals surface area contributed by atoms with Crippen LogP contribution in [0.4, 0.5) is 0 Å². The monoisotopic (exact) mass is 266 g/mol. The van der Waals surface area contributed by atoms with Gasteiger partial charge in [-0.25, -0.2) is 0 Å². The smallest absolute Gasteiger partial charge is 0.274 e. The highest BCUT2D eigenvalue weighted by atomic mass is 28.3. The minimum atomic E-state index is -0.834. The number of aryl methyl sites for hydroxylation is 1. The van der Waals surface area contributed by atoms with Gasteiger partial charge in [0, 0.05) is 36.0 Å². The predicted octanol–water partition coefficient (Wildman–Crippen LogP) is 2.85. The lowest BCUT2D eigenvalue weighted by Gasteiger charge is -2.27. The molecule has 0 atom stereocenters. The van der Waals surface area contributed by atoms with Crippen molar-refractivity contribution in [1.82, 2.24) is 4.98 Å². The maximum Gasteiger partial charge on any atom is 0.274 e. The third kappa shape index (κ3) is 3.56. The van der Waals surface area contributed by atoms with Crippen LogP contribution >= 0.6 is 0 Å². The Morgan fingerprint density at radius 3 is 2.39 bits per heavy atom. The molecule has 0 saturated carbocycles. The van der Waals surface area contributed by atoms with E-state index in [1.807, 2.05) is 13.1 Å². The molecule has 18 heavy (non-hydrogen) atoms. The van der Waals surface area contributed by atoms with Crippen molar-refractivity contribution < 1.29 is 9.53 Å². The van der Waals surface area contributed by atoms with Crippen molar-refractivity contribution in [2.45, 2.75) is 52.6 Å². The Balaban J connectivity index is 3.40. The molecule has 0 aliphatic rings. The standard InChI is InChI=1S/C14H24NO2Si/c1-10-12(14(2,3)4)13(17-18(5)6)11(7-8-16)9-15-10/h9,16H,7-8H2,1-6H3. The summed E-state index contributed by atoms with van der Waals surface area (Å²) < 4.78 is 6.09. The van der Waals surface area contributed by atoms with Gasteiger partial charge in [-0.1, -0.05) is 20.8 Å². The minimum Gasteiger partial charge on any atom is -0.542 e. The zero-order valence-electron chi connectivity index (χ0n) is 12.3. The van der Waals surface area contributed by atoms with E-state index < -0.39 is 9.04 Å². The topological polar surface area (TPSA) is 42.4 Å². The molecule has 0 unspecified atom stereocenters. The van der Waals surface area contributed by atoms with Crippen LogP contribution in [0.1, 0.15) is 37.6 Å². The SMILES string of the molecule is Cc1ncc(CCO)c(O[Si](C)C)c1C(C)(C)C. The number of aliphatic hydroxyl groups is 1. The van der Waals surface area contributed by atoms with Gasteiger partial charge in [0.15, 0.2) is 0 Å². The van der Waals surface area contributed by atoms with Crippen LogP contribution < -0.4 is 4.43 Å². The van der Waals surface area contributed by atoms with Gasteiger partial charge in [0.05, 0.1) is 0 Å². The van der Waals surface area contributed by atoms with Gasteiger partial charge in [-0.15, -0.1) is 0 Å². The number of rotatable bonds is 4. The highest BCUT2D eigenvalue weighted by molar-refractivity contribution is 6.49. The lowest BCUT2D eigenvalue weighted by molar-refractivity contribution is 0.298. The molecule has 0 fully saturated rings. The second-order valence-electron chi connectivity index (χ2n) is 5.81. The van der Waals surface area contributed by atoms with E-state index in [9.17, 15) is 0 Å². The van der Waals surface area contributed by atoms with Crippen LogP contribution in [0.5, 0.6) is 5.75 Å². The third-order valence-electron chi connectivity index (χ3n) is 2.73. The zero-order valence-corrected chi connectivity index (χ0v) is 13.3. The van der Waals surface area contributed by atoms with Crippen molar-refractivity contribution in [1.29, 1.82) is 0 Å². The zero-order chi connectivity index (χ0) is 13.9. The molecule has 0 amide bonds. The van der Waals surface area contributed by atoms with Crippen LogP contribution in [0.3, 0.4) is 0 Å². The molecular weight excluding hydrogens is 242 g/mol. The van der Waals surface area contributed by atoms with Gasteiger partial charge in [0.25, 0.3) is 9.04 Å². The molecule has 1 aromatic heterocycles. The van der Waals surface area contributed by atoms with Crippen molar-refractivity contribution in [3.63, 3.8) is 0 Å². The van der Waals surface area contributed by atoms with E-state index >= 15 is 0 Å². The summed E-state index contributed by atoms with van der Waals surface area (Å²) in [6.07, 6.45) is 2.43. The van der Waals surface area contributed by atoms with E-state index in [2.05, 4.69) is 38.8 Å². The molecule has 1 radical (unpaired) electrons. The minimum absolute atomic E-state index is 0.00476. The Morgan fingerprint density at radius 1 is 1.33 bits per heavy atom. The van der Waals surface area contributed by atoms with Crippen LogP contribution in [0.2, 0.25) is 13.1 Å². The molecule has 3 nitrogen and oxygen atoms in total. The van der Waals surface area contributed by atoms with Crippen molar-refractivity contribution in [2.24, 2.45) is 0 Å². The Labute approximate surface area is 112 Å². The maximum atomic E-state index is 9.17. The Bertz CT molecular complexity index is 411. The highest BCUT2D eigenvalue weighted by Gasteiger charge is 2.25. The lowest BCUT2D eigenvalue weighted by atomic mass is 9.84. The first-order valence-electron chi connectivity index (χ1n) is 6.35. The van der Waals surface area contributed by atoms with Crippen molar-refractivity contribution in [3.8, 4) is 5.75 Å². The first kappa shape index (κ1) is 15.2. The van der Waals surface area contributed by atoms with Gasteiger partial charge >= 0.3 is 0 Å². The second kappa shape index (κ2) is 5.84. The van der Waals surface area contributed by atoms with Crippen LogP contribution in [0.25, 0.3) is 0 Å². The highest BCUT2D eigenvalue weighted by Crippen LogP contribution is 2.36. The average Bonchev–Trinajstić information content (AvgIpc) is 2.19. The molecule has 0 aromatic carbocycles. The number of hydrogen-bond donors (Lipinski definition) is 1. The van der Waals surface area contributed by atoms with Crippen LogP contribution in [-0.4, -0.2) is 25.7 Å². The molecule has 101 valence electrons. The van der Waals surface area contributed by atoms with E-state index in [-0.39, 0.29) is 12.0 Å². The molecule has 0 bridgehead atoms. The fraction of sp³-hybridized carbons (Fsp3) is 0.643. The molecule has 1 rings (SSSR count). The Morgan fingerprint density at radius 2 is 1.94 bits per heavy atom. The van der Waals surface area contributed by atoms with E-state index in [1.54, 1.807) is 0 Å². The van der Waals surface area contributed by atoms with Crippen molar-refractivity contribution >= 4 is 9.04 Å². The van der Waals surface area contributed by atoms with Crippen molar-refractivity contribution in [2.75, 3.05) is 6.61 Å².